The van der Waals surface area contributed by atoms with Crippen LogP contribution >= 0.6 is 23.8 Å². The summed E-state index contributed by atoms with van der Waals surface area (Å²) >= 11 is 12.2. The quantitative estimate of drug-likeness (QED) is 0.375. The van der Waals surface area contributed by atoms with Crippen LogP contribution < -0.4 is 20.4 Å². The van der Waals surface area contributed by atoms with Gasteiger partial charge in [0.2, 0.25) is 5.95 Å². The molecule has 3 heterocycles. The molecule has 8 heteroatoms. The Morgan fingerprint density at radius 3 is 2.58 bits per heavy atom. The second-order valence-corrected chi connectivity index (χ2v) is 12.6. The minimum absolute atomic E-state index is 0.0376. The summed E-state index contributed by atoms with van der Waals surface area (Å²) in [6, 6.07) is 11.0. The number of anilines is 3. The number of nitrogens with zero attached hydrogens (tertiary/aromatic N) is 4. The molecule has 2 N–H and O–H groups in total. The van der Waals surface area contributed by atoms with Gasteiger partial charge in [-0.15, -0.1) is 0 Å². The molecule has 0 bridgehead atoms. The number of benzene rings is 1. The maximum absolute atomic E-state index is 6.39. The van der Waals surface area contributed by atoms with E-state index in [1.54, 1.807) is 0 Å². The van der Waals surface area contributed by atoms with Crippen LogP contribution in [0.2, 0.25) is 5.02 Å². The van der Waals surface area contributed by atoms with Crippen LogP contribution in [0.4, 0.5) is 17.6 Å². The zero-order valence-electron chi connectivity index (χ0n) is 23.0. The van der Waals surface area contributed by atoms with E-state index in [4.69, 9.17) is 33.8 Å². The summed E-state index contributed by atoms with van der Waals surface area (Å²) in [7, 11) is 0. The van der Waals surface area contributed by atoms with Gasteiger partial charge >= 0.3 is 0 Å². The van der Waals surface area contributed by atoms with Gasteiger partial charge in [-0.25, -0.2) is 0 Å². The van der Waals surface area contributed by atoms with Crippen LogP contribution in [0.5, 0.6) is 0 Å². The molecule has 206 valence electrons. The van der Waals surface area contributed by atoms with E-state index >= 15 is 0 Å². The molecule has 3 fully saturated rings. The molecule has 1 saturated carbocycles. The molecule has 5 rings (SSSR count). The fourth-order valence-corrected chi connectivity index (χ4v) is 6.99. The minimum atomic E-state index is 0.0376. The summed E-state index contributed by atoms with van der Waals surface area (Å²) < 4.78 is 0. The van der Waals surface area contributed by atoms with Gasteiger partial charge in [-0.1, -0.05) is 49.9 Å². The highest BCUT2D eigenvalue weighted by atomic mass is 35.5. The summed E-state index contributed by atoms with van der Waals surface area (Å²) in [6.45, 7) is 8.54. The van der Waals surface area contributed by atoms with Crippen molar-refractivity contribution in [1.29, 1.82) is 0 Å². The molecule has 1 aromatic heterocycles. The summed E-state index contributed by atoms with van der Waals surface area (Å²) in [5, 5.41) is 8.29. The molecule has 3 aliphatic rings. The zero-order chi connectivity index (χ0) is 26.5. The van der Waals surface area contributed by atoms with E-state index in [9.17, 15) is 0 Å². The van der Waals surface area contributed by atoms with Crippen molar-refractivity contribution in [2.24, 2.45) is 5.92 Å². The van der Waals surface area contributed by atoms with Crippen LogP contribution in [0.1, 0.15) is 83.6 Å². The Labute approximate surface area is 238 Å². The van der Waals surface area contributed by atoms with Gasteiger partial charge in [0.1, 0.15) is 11.6 Å². The first-order valence-electron chi connectivity index (χ1n) is 14.6. The second kappa shape index (κ2) is 12.4. The fourth-order valence-electron chi connectivity index (χ4n) is 6.63. The van der Waals surface area contributed by atoms with Gasteiger partial charge in [-0.3, -0.25) is 0 Å². The average molecular weight is 555 g/mol. The molecule has 2 atom stereocenters. The second-order valence-electron chi connectivity index (χ2n) is 11.8. The van der Waals surface area contributed by atoms with Crippen molar-refractivity contribution in [2.45, 2.75) is 89.5 Å². The molecule has 1 aliphatic carbocycles. The van der Waals surface area contributed by atoms with Gasteiger partial charge in [0.15, 0.2) is 5.11 Å². The number of hydrogen-bond donors (Lipinski definition) is 2. The summed E-state index contributed by atoms with van der Waals surface area (Å²) in [4.78, 5) is 14.8. The SMILES string of the molecule is C[C@H]1CCCN(c2cc(N3CCCC[C@@H]3C)nc(NC(=S)NCC3(c4cccc(Cl)c4)CCCCC3)n2)C1. The van der Waals surface area contributed by atoms with Crippen molar-refractivity contribution in [3.05, 3.63) is 40.9 Å². The lowest BCUT2D eigenvalue weighted by Gasteiger charge is -2.38. The molecule has 0 spiro atoms. The molecule has 2 aliphatic heterocycles. The van der Waals surface area contributed by atoms with E-state index in [0.29, 0.717) is 23.0 Å². The van der Waals surface area contributed by atoms with E-state index in [2.05, 4.69) is 58.5 Å². The van der Waals surface area contributed by atoms with Gasteiger partial charge in [0.05, 0.1) is 0 Å². The molecule has 0 radical (unpaired) electrons. The lowest BCUT2D eigenvalue weighted by molar-refractivity contribution is 0.292. The molecule has 2 saturated heterocycles. The molecule has 0 amide bonds. The van der Waals surface area contributed by atoms with Crippen molar-refractivity contribution in [1.82, 2.24) is 15.3 Å². The zero-order valence-corrected chi connectivity index (χ0v) is 24.6. The third-order valence-corrected chi connectivity index (χ3v) is 9.32. The lowest BCUT2D eigenvalue weighted by Crippen LogP contribution is -2.44. The van der Waals surface area contributed by atoms with Crippen LogP contribution in [-0.2, 0) is 5.41 Å². The smallest absolute Gasteiger partial charge is 0.232 e. The van der Waals surface area contributed by atoms with Gasteiger partial charge in [-0.05, 0) is 87.7 Å². The van der Waals surface area contributed by atoms with Crippen molar-refractivity contribution in [2.75, 3.05) is 41.3 Å². The molecular formula is C30H43ClN6S. The molecule has 1 aromatic carbocycles. The van der Waals surface area contributed by atoms with Crippen LogP contribution in [0, 0.1) is 5.92 Å². The maximum atomic E-state index is 6.39. The number of aromatic nitrogens is 2. The van der Waals surface area contributed by atoms with Crippen molar-refractivity contribution < 1.29 is 0 Å². The standard InChI is InChI=1S/C30H43ClN6S/c1-22-10-9-16-36(20-22)26-19-27(37-17-7-4-11-23(37)2)34-28(33-26)35-29(38)32-21-30(14-5-3-6-15-30)24-12-8-13-25(31)18-24/h8,12-13,18-19,22-23H,3-7,9-11,14-17,20-21H2,1-2H3,(H2,32,33,34,35,38)/t22-,23-/m0/s1. The molecule has 6 nitrogen and oxygen atoms in total. The Morgan fingerprint density at radius 1 is 1.00 bits per heavy atom. The van der Waals surface area contributed by atoms with Crippen LogP contribution in [0.15, 0.2) is 30.3 Å². The van der Waals surface area contributed by atoms with Gasteiger partial charge in [-0.2, -0.15) is 9.97 Å². The predicted molar refractivity (Wildman–Crippen MR) is 164 cm³/mol. The van der Waals surface area contributed by atoms with Crippen molar-refractivity contribution in [3.63, 3.8) is 0 Å². The molecular weight excluding hydrogens is 512 g/mol. The van der Waals surface area contributed by atoms with E-state index in [-0.39, 0.29) is 5.41 Å². The first-order valence-corrected chi connectivity index (χ1v) is 15.4. The highest BCUT2D eigenvalue weighted by Gasteiger charge is 2.34. The Kier molecular flexibility index (Phi) is 8.94. The van der Waals surface area contributed by atoms with Crippen LogP contribution in [0.3, 0.4) is 0 Å². The third-order valence-electron chi connectivity index (χ3n) is 8.84. The Bertz CT molecular complexity index is 1100. The summed E-state index contributed by atoms with van der Waals surface area (Å²) in [6.07, 6.45) is 12.2. The molecule has 38 heavy (non-hydrogen) atoms. The highest BCUT2D eigenvalue weighted by Crippen LogP contribution is 2.40. The topological polar surface area (TPSA) is 56.3 Å². The van der Waals surface area contributed by atoms with E-state index in [0.717, 1.165) is 55.7 Å². The van der Waals surface area contributed by atoms with Crippen molar-refractivity contribution >= 4 is 46.5 Å². The third kappa shape index (κ3) is 6.53. The maximum Gasteiger partial charge on any atom is 0.232 e. The number of rotatable bonds is 6. The van der Waals surface area contributed by atoms with Crippen LogP contribution in [0.25, 0.3) is 0 Å². The highest BCUT2D eigenvalue weighted by molar-refractivity contribution is 7.80. The summed E-state index contributed by atoms with van der Waals surface area (Å²) in [5.41, 5.74) is 1.34. The first kappa shape index (κ1) is 27.4. The van der Waals surface area contributed by atoms with Gasteiger partial charge in [0.25, 0.3) is 0 Å². The van der Waals surface area contributed by atoms with E-state index in [1.807, 2.05) is 6.07 Å². The minimum Gasteiger partial charge on any atom is -0.361 e. The fraction of sp³-hybridized carbons (Fsp3) is 0.633. The summed E-state index contributed by atoms with van der Waals surface area (Å²) in [5.74, 6) is 3.28. The van der Waals surface area contributed by atoms with E-state index in [1.165, 1.54) is 56.9 Å². The van der Waals surface area contributed by atoms with E-state index < -0.39 is 0 Å². The molecule has 0 unspecified atom stereocenters. The molecule has 2 aromatic rings. The number of thiocarbonyl (C=S) groups is 1. The average Bonchev–Trinajstić information content (AvgIpc) is 2.92. The number of hydrogen-bond acceptors (Lipinski definition) is 5. The van der Waals surface area contributed by atoms with Gasteiger partial charge in [0, 0.05) is 48.7 Å². The number of nitrogens with one attached hydrogen (secondary N) is 2. The number of piperidine rings is 2. The van der Waals surface area contributed by atoms with Crippen molar-refractivity contribution in [3.8, 4) is 0 Å². The number of halogens is 1. The van der Waals surface area contributed by atoms with Crippen LogP contribution in [-0.4, -0.2) is 47.3 Å². The Balaban J connectivity index is 1.34. The van der Waals surface area contributed by atoms with Gasteiger partial charge < -0.3 is 20.4 Å². The lowest BCUT2D eigenvalue weighted by atomic mass is 9.69. The first-order chi connectivity index (χ1) is 18.4. The predicted octanol–water partition coefficient (Wildman–Crippen LogP) is 6.93. The monoisotopic (exact) mass is 554 g/mol. The Morgan fingerprint density at radius 2 is 1.82 bits per heavy atom. The Hall–Kier alpha value is -2.12. The normalized spacial score (nSPS) is 23.7. The largest absolute Gasteiger partial charge is 0.361 e.